The molecule has 0 fully saturated rings. The van der Waals surface area contributed by atoms with Gasteiger partial charge in [0.15, 0.2) is 0 Å². The van der Waals surface area contributed by atoms with Gasteiger partial charge >= 0.3 is 0 Å². The van der Waals surface area contributed by atoms with Gasteiger partial charge in [0.05, 0.1) is 17.3 Å². The molecule has 4 nitrogen and oxygen atoms in total. The molecule has 2 aromatic heterocycles. The highest BCUT2D eigenvalue weighted by atomic mass is 16.1. The maximum absolute atomic E-state index is 12.2. The summed E-state index contributed by atoms with van der Waals surface area (Å²) in [7, 11) is 0. The standard InChI is InChI=1S/C21H21N3O/c1-13-19(17-9-5-6-12-23-17)20(21(22)25)14(2)24(13)18-11-10-15-7-3-4-8-16(15)18/h3-9,12,18H,10-11H2,1-2H3,(H2,22,25). The van der Waals surface area contributed by atoms with Gasteiger partial charge in [-0.3, -0.25) is 9.78 Å². The van der Waals surface area contributed by atoms with Crippen molar-refractivity contribution >= 4 is 5.91 Å². The van der Waals surface area contributed by atoms with E-state index < -0.39 is 5.91 Å². The van der Waals surface area contributed by atoms with Gasteiger partial charge in [-0.15, -0.1) is 0 Å². The molecule has 0 spiro atoms. The van der Waals surface area contributed by atoms with Crippen LogP contribution in [0.3, 0.4) is 0 Å². The highest BCUT2D eigenvalue weighted by Crippen LogP contribution is 2.40. The van der Waals surface area contributed by atoms with Crippen molar-refractivity contribution in [3.63, 3.8) is 0 Å². The number of nitrogens with two attached hydrogens (primary N) is 1. The van der Waals surface area contributed by atoms with Crippen molar-refractivity contribution in [1.82, 2.24) is 9.55 Å². The fourth-order valence-electron chi connectivity index (χ4n) is 4.25. The third-order valence-electron chi connectivity index (χ3n) is 5.28. The van der Waals surface area contributed by atoms with E-state index in [4.69, 9.17) is 5.73 Å². The van der Waals surface area contributed by atoms with Crippen LogP contribution in [0.15, 0.2) is 48.7 Å². The van der Waals surface area contributed by atoms with Crippen LogP contribution in [-0.2, 0) is 6.42 Å². The maximum Gasteiger partial charge on any atom is 0.251 e. The minimum atomic E-state index is -0.397. The molecule has 1 aliphatic rings. The zero-order valence-corrected chi connectivity index (χ0v) is 14.5. The van der Waals surface area contributed by atoms with Crippen LogP contribution in [0.25, 0.3) is 11.3 Å². The van der Waals surface area contributed by atoms with E-state index in [1.807, 2.05) is 25.1 Å². The van der Waals surface area contributed by atoms with Crippen LogP contribution >= 0.6 is 0 Å². The number of fused-ring (bicyclic) bond motifs is 1. The van der Waals surface area contributed by atoms with Crippen LogP contribution < -0.4 is 5.73 Å². The lowest BCUT2D eigenvalue weighted by atomic mass is 10.0. The molecule has 1 atom stereocenters. The smallest absolute Gasteiger partial charge is 0.251 e. The van der Waals surface area contributed by atoms with E-state index in [2.05, 4.69) is 40.7 Å². The lowest BCUT2D eigenvalue weighted by Crippen LogP contribution is -2.15. The summed E-state index contributed by atoms with van der Waals surface area (Å²) in [5.74, 6) is -0.397. The largest absolute Gasteiger partial charge is 0.366 e. The highest BCUT2D eigenvalue weighted by Gasteiger charge is 2.30. The summed E-state index contributed by atoms with van der Waals surface area (Å²) in [6, 6.07) is 14.5. The Morgan fingerprint density at radius 1 is 1.12 bits per heavy atom. The van der Waals surface area contributed by atoms with Gasteiger partial charge in [0.2, 0.25) is 0 Å². The normalized spacial score (nSPS) is 16.0. The minimum Gasteiger partial charge on any atom is -0.366 e. The Labute approximate surface area is 147 Å². The van der Waals surface area contributed by atoms with Crippen molar-refractivity contribution in [1.29, 1.82) is 0 Å². The van der Waals surface area contributed by atoms with Crippen LogP contribution in [0, 0.1) is 13.8 Å². The summed E-state index contributed by atoms with van der Waals surface area (Å²) >= 11 is 0. The van der Waals surface area contributed by atoms with Gasteiger partial charge in [-0.05, 0) is 49.9 Å². The molecule has 4 rings (SSSR count). The van der Waals surface area contributed by atoms with Crippen molar-refractivity contribution in [3.05, 3.63) is 76.7 Å². The Hall–Kier alpha value is -2.88. The molecule has 1 aliphatic carbocycles. The van der Waals surface area contributed by atoms with E-state index in [-0.39, 0.29) is 6.04 Å². The quantitative estimate of drug-likeness (QED) is 0.793. The first kappa shape index (κ1) is 15.6. The molecule has 0 saturated heterocycles. The fourth-order valence-corrected chi connectivity index (χ4v) is 4.25. The second-order valence-corrected chi connectivity index (χ2v) is 6.62. The molecule has 0 bridgehead atoms. The number of aryl methyl sites for hydroxylation is 1. The van der Waals surface area contributed by atoms with Crippen molar-refractivity contribution in [2.75, 3.05) is 0 Å². The molecule has 1 unspecified atom stereocenters. The number of primary amides is 1. The van der Waals surface area contributed by atoms with Crippen molar-refractivity contribution < 1.29 is 4.79 Å². The first-order valence-electron chi connectivity index (χ1n) is 8.60. The third kappa shape index (κ3) is 2.37. The minimum absolute atomic E-state index is 0.242. The molecule has 0 aliphatic heterocycles. The van der Waals surface area contributed by atoms with E-state index in [0.717, 1.165) is 35.5 Å². The lowest BCUT2D eigenvalue weighted by molar-refractivity contribution is 0.1000. The summed E-state index contributed by atoms with van der Waals surface area (Å²) in [6.45, 7) is 4.05. The Bertz CT molecular complexity index is 957. The summed E-state index contributed by atoms with van der Waals surface area (Å²) in [5, 5.41) is 0. The van der Waals surface area contributed by atoms with E-state index in [1.165, 1.54) is 11.1 Å². The number of benzene rings is 1. The summed E-state index contributed by atoms with van der Waals surface area (Å²) in [5.41, 5.74) is 12.7. The Morgan fingerprint density at radius 2 is 1.88 bits per heavy atom. The molecular weight excluding hydrogens is 310 g/mol. The fraction of sp³-hybridized carbons (Fsp3) is 0.238. The number of nitrogens with zero attached hydrogens (tertiary/aromatic N) is 2. The predicted octanol–water partition coefficient (Wildman–Crippen LogP) is 3.80. The van der Waals surface area contributed by atoms with E-state index in [9.17, 15) is 4.79 Å². The first-order chi connectivity index (χ1) is 12.1. The Balaban J connectivity index is 1.95. The number of hydrogen-bond donors (Lipinski definition) is 1. The molecule has 2 heterocycles. The zero-order chi connectivity index (χ0) is 17.6. The van der Waals surface area contributed by atoms with Gasteiger partial charge in [0.25, 0.3) is 5.91 Å². The van der Waals surface area contributed by atoms with Crippen LogP contribution in [0.2, 0.25) is 0 Å². The molecule has 0 saturated carbocycles. The molecular formula is C21H21N3O. The Morgan fingerprint density at radius 3 is 2.60 bits per heavy atom. The number of hydrogen-bond acceptors (Lipinski definition) is 2. The third-order valence-corrected chi connectivity index (χ3v) is 5.28. The van der Waals surface area contributed by atoms with Crippen LogP contribution in [0.4, 0.5) is 0 Å². The van der Waals surface area contributed by atoms with Crippen LogP contribution in [0.1, 0.15) is 45.3 Å². The van der Waals surface area contributed by atoms with Gasteiger partial charge in [0.1, 0.15) is 0 Å². The topological polar surface area (TPSA) is 60.9 Å². The van der Waals surface area contributed by atoms with Gasteiger partial charge in [-0.1, -0.05) is 30.3 Å². The SMILES string of the molecule is Cc1c(C(N)=O)c(-c2ccccn2)c(C)n1C1CCc2ccccc21. The van der Waals surface area contributed by atoms with E-state index in [0.29, 0.717) is 5.56 Å². The van der Waals surface area contributed by atoms with Crippen molar-refractivity contribution in [2.24, 2.45) is 5.73 Å². The molecule has 25 heavy (non-hydrogen) atoms. The Kier molecular flexibility index (Phi) is 3.68. The molecule has 1 aromatic carbocycles. The zero-order valence-electron chi connectivity index (χ0n) is 14.5. The predicted molar refractivity (Wildman–Crippen MR) is 98.6 cm³/mol. The maximum atomic E-state index is 12.2. The van der Waals surface area contributed by atoms with E-state index in [1.54, 1.807) is 6.20 Å². The average Bonchev–Trinajstić information content (AvgIpc) is 3.14. The summed E-state index contributed by atoms with van der Waals surface area (Å²) in [4.78, 5) is 16.7. The molecule has 1 amide bonds. The second kappa shape index (κ2) is 5.88. The van der Waals surface area contributed by atoms with Gasteiger partial charge in [0, 0.05) is 23.1 Å². The monoisotopic (exact) mass is 331 g/mol. The summed E-state index contributed by atoms with van der Waals surface area (Å²) in [6.07, 6.45) is 3.84. The summed E-state index contributed by atoms with van der Waals surface area (Å²) < 4.78 is 2.27. The molecule has 3 aromatic rings. The molecule has 126 valence electrons. The number of pyridine rings is 1. The molecule has 2 N–H and O–H groups in total. The van der Waals surface area contributed by atoms with Crippen molar-refractivity contribution in [2.45, 2.75) is 32.7 Å². The molecule has 0 radical (unpaired) electrons. The van der Waals surface area contributed by atoms with Crippen LogP contribution in [0.5, 0.6) is 0 Å². The van der Waals surface area contributed by atoms with Gasteiger partial charge < -0.3 is 10.3 Å². The van der Waals surface area contributed by atoms with Crippen molar-refractivity contribution in [3.8, 4) is 11.3 Å². The van der Waals surface area contributed by atoms with Gasteiger partial charge in [-0.2, -0.15) is 0 Å². The number of carbonyl (C=O) groups excluding carboxylic acids is 1. The molecule has 4 heteroatoms. The first-order valence-corrected chi connectivity index (χ1v) is 8.60. The average molecular weight is 331 g/mol. The second-order valence-electron chi connectivity index (χ2n) is 6.62. The number of aromatic nitrogens is 2. The number of carbonyl (C=O) groups is 1. The number of rotatable bonds is 3. The lowest BCUT2D eigenvalue weighted by Gasteiger charge is -2.19. The van der Waals surface area contributed by atoms with E-state index >= 15 is 0 Å². The number of amides is 1. The van der Waals surface area contributed by atoms with Gasteiger partial charge in [-0.25, -0.2) is 0 Å². The van der Waals surface area contributed by atoms with Crippen LogP contribution in [-0.4, -0.2) is 15.5 Å². The highest BCUT2D eigenvalue weighted by molar-refractivity contribution is 6.01.